The quantitative estimate of drug-likeness (QED) is 0.223. The van der Waals surface area contributed by atoms with Gasteiger partial charge in [-0.2, -0.15) is 16.8 Å². The molecule has 0 aliphatic heterocycles. The predicted molar refractivity (Wildman–Crippen MR) is 97.9 cm³/mol. The number of rotatable bonds is 10. The van der Waals surface area contributed by atoms with Crippen LogP contribution < -0.4 is 11.9 Å². The highest BCUT2D eigenvalue weighted by atomic mass is 32.3. The minimum atomic E-state index is -4.67. The zero-order valence-electron chi connectivity index (χ0n) is 14.8. The standard InChI is InChI=1S/C12H27N.H3N.2H2O4S.H2O/c1-2-3-4-5-6-7-8-9-10-11-12-13;;2*1-5(2,3)4;/h2-13H2,1H3;1H3;2*(H2,1,2,3,4);1H2. The molecule has 0 saturated carbocycles. The number of nitrogens with two attached hydrogens (primary N) is 1. The first-order valence-corrected chi connectivity index (χ1v) is 10.3. The van der Waals surface area contributed by atoms with Gasteiger partial charge in [0.25, 0.3) is 0 Å². The molecule has 0 unspecified atom stereocenters. The molecule has 0 bridgehead atoms. The molecule has 0 aromatic carbocycles. The van der Waals surface area contributed by atoms with E-state index in [9.17, 15) is 0 Å². The van der Waals surface area contributed by atoms with Crippen LogP contribution in [0.3, 0.4) is 0 Å². The van der Waals surface area contributed by atoms with Gasteiger partial charge in [-0.25, -0.2) is 0 Å². The molecule has 0 amide bonds. The molecule has 0 atom stereocenters. The van der Waals surface area contributed by atoms with Crippen molar-refractivity contribution in [2.75, 3.05) is 6.54 Å². The molecule has 11 N–H and O–H groups in total. The molecule has 25 heavy (non-hydrogen) atoms. The average molecular weight is 417 g/mol. The number of unbranched alkanes of at least 4 members (excludes halogenated alkanes) is 9. The minimum absolute atomic E-state index is 0. The normalized spacial score (nSPS) is 10.2. The summed E-state index contributed by atoms with van der Waals surface area (Å²) >= 11 is 0. The summed E-state index contributed by atoms with van der Waals surface area (Å²) in [4.78, 5) is 0. The third-order valence-electron chi connectivity index (χ3n) is 2.56. The lowest BCUT2D eigenvalue weighted by molar-refractivity contribution is 0.378. The maximum Gasteiger partial charge on any atom is 0.394 e. The van der Waals surface area contributed by atoms with Gasteiger partial charge in [0.2, 0.25) is 0 Å². The molecule has 0 aromatic rings. The molecule has 11 nitrogen and oxygen atoms in total. The van der Waals surface area contributed by atoms with E-state index in [1.165, 1.54) is 64.2 Å². The van der Waals surface area contributed by atoms with Crippen molar-refractivity contribution in [3.05, 3.63) is 0 Å². The van der Waals surface area contributed by atoms with Crippen LogP contribution in [0.1, 0.15) is 71.1 Å². The van der Waals surface area contributed by atoms with Gasteiger partial charge in [0.15, 0.2) is 0 Å². The Bertz CT molecular complexity index is 372. The fourth-order valence-electron chi connectivity index (χ4n) is 1.63. The zero-order chi connectivity index (χ0) is 18.8. The van der Waals surface area contributed by atoms with Gasteiger partial charge < -0.3 is 17.4 Å². The second kappa shape index (κ2) is 23.6. The van der Waals surface area contributed by atoms with E-state index in [4.69, 9.17) is 40.8 Å². The van der Waals surface area contributed by atoms with Crippen molar-refractivity contribution in [3.8, 4) is 0 Å². The highest BCUT2D eigenvalue weighted by molar-refractivity contribution is 7.80. The summed E-state index contributed by atoms with van der Waals surface area (Å²) in [5.41, 5.74) is 5.42. The van der Waals surface area contributed by atoms with Crippen LogP contribution in [0.2, 0.25) is 0 Å². The number of hydrogen-bond donors (Lipinski definition) is 6. The predicted octanol–water partition coefficient (Wildman–Crippen LogP) is 1.90. The Kier molecular flexibility index (Phi) is 33.7. The monoisotopic (exact) mass is 416 g/mol. The van der Waals surface area contributed by atoms with Crippen molar-refractivity contribution < 1.29 is 40.5 Å². The van der Waals surface area contributed by atoms with Crippen molar-refractivity contribution in [1.29, 1.82) is 0 Å². The Hall–Kier alpha value is -0.380. The largest absolute Gasteiger partial charge is 0.412 e. The first-order chi connectivity index (χ1) is 10.4. The highest BCUT2D eigenvalue weighted by Gasteiger charge is 1.91. The zero-order valence-corrected chi connectivity index (χ0v) is 16.4. The fourth-order valence-corrected chi connectivity index (χ4v) is 1.63. The van der Waals surface area contributed by atoms with Gasteiger partial charge in [-0.05, 0) is 13.0 Å². The molecule has 0 heterocycles. The third kappa shape index (κ3) is 119. The van der Waals surface area contributed by atoms with Crippen LogP contribution in [0.4, 0.5) is 0 Å². The summed E-state index contributed by atoms with van der Waals surface area (Å²) in [7, 11) is -9.33. The van der Waals surface area contributed by atoms with E-state index in [1.54, 1.807) is 0 Å². The Morgan fingerprint density at radius 3 is 1.04 bits per heavy atom. The smallest absolute Gasteiger partial charge is 0.394 e. The van der Waals surface area contributed by atoms with Crippen LogP contribution in [0.15, 0.2) is 0 Å². The molecule has 0 aromatic heterocycles. The Balaban J connectivity index is -0.0000000933. The molecule has 0 fully saturated rings. The van der Waals surface area contributed by atoms with Crippen molar-refractivity contribution in [1.82, 2.24) is 6.15 Å². The molecule has 0 aliphatic carbocycles. The van der Waals surface area contributed by atoms with Crippen LogP contribution in [-0.2, 0) is 20.8 Å². The summed E-state index contributed by atoms with van der Waals surface area (Å²) in [5, 5.41) is 0. The molecule has 13 heteroatoms. The SMILES string of the molecule is CCCCCCCCCCCCN.N.O.O=S(=O)(O)O.O=S(=O)(O)O. The van der Waals surface area contributed by atoms with Gasteiger partial charge in [-0.15, -0.1) is 0 Å². The van der Waals surface area contributed by atoms with Crippen molar-refractivity contribution in [2.24, 2.45) is 5.73 Å². The number of hydrogen-bond acceptors (Lipinski definition) is 6. The van der Waals surface area contributed by atoms with Crippen molar-refractivity contribution >= 4 is 20.8 Å². The first-order valence-electron chi connectivity index (χ1n) is 7.51. The second-order valence-corrected chi connectivity index (χ2v) is 6.66. The molecule has 0 radical (unpaired) electrons. The molecule has 160 valence electrons. The average Bonchev–Trinajstić information content (AvgIpc) is 2.33. The van der Waals surface area contributed by atoms with E-state index in [0.29, 0.717) is 0 Å². The van der Waals surface area contributed by atoms with Crippen LogP contribution in [0.5, 0.6) is 0 Å². The van der Waals surface area contributed by atoms with E-state index >= 15 is 0 Å². The summed E-state index contributed by atoms with van der Waals surface area (Å²) in [6.45, 7) is 3.14. The first kappa shape index (κ1) is 35.7. The summed E-state index contributed by atoms with van der Waals surface area (Å²) in [6.07, 6.45) is 13.9. The molecular formula is C12H36N2O9S2. The van der Waals surface area contributed by atoms with Gasteiger partial charge in [-0.1, -0.05) is 64.7 Å². The van der Waals surface area contributed by atoms with Crippen LogP contribution in [-0.4, -0.2) is 47.1 Å². The lowest BCUT2D eigenvalue weighted by Crippen LogP contribution is -1.97. The lowest BCUT2D eigenvalue weighted by atomic mass is 10.1. The van der Waals surface area contributed by atoms with E-state index < -0.39 is 20.8 Å². The summed E-state index contributed by atoms with van der Waals surface area (Å²) in [5.74, 6) is 0. The van der Waals surface area contributed by atoms with Crippen LogP contribution >= 0.6 is 0 Å². The molecule has 0 spiro atoms. The summed E-state index contributed by atoms with van der Waals surface area (Å²) < 4.78 is 63.2. The van der Waals surface area contributed by atoms with E-state index in [1.807, 2.05) is 0 Å². The minimum Gasteiger partial charge on any atom is -0.412 e. The molecule has 0 aliphatic rings. The van der Waals surface area contributed by atoms with E-state index in [-0.39, 0.29) is 11.6 Å². The van der Waals surface area contributed by atoms with E-state index in [2.05, 4.69) is 6.92 Å². The van der Waals surface area contributed by atoms with E-state index in [0.717, 1.165) is 6.54 Å². The fraction of sp³-hybridized carbons (Fsp3) is 1.00. The van der Waals surface area contributed by atoms with Gasteiger partial charge in [0.05, 0.1) is 0 Å². The maximum atomic E-state index is 8.74. The van der Waals surface area contributed by atoms with Gasteiger partial charge in [0, 0.05) is 0 Å². The van der Waals surface area contributed by atoms with Crippen molar-refractivity contribution in [2.45, 2.75) is 71.1 Å². The lowest BCUT2D eigenvalue weighted by Gasteiger charge is -2.00. The van der Waals surface area contributed by atoms with Crippen molar-refractivity contribution in [3.63, 3.8) is 0 Å². The Morgan fingerprint density at radius 1 is 0.640 bits per heavy atom. The maximum absolute atomic E-state index is 8.74. The van der Waals surface area contributed by atoms with Crippen LogP contribution in [0, 0.1) is 0 Å². The molecule has 0 saturated heterocycles. The Labute approximate surface area is 151 Å². The molecule has 0 rings (SSSR count). The van der Waals surface area contributed by atoms with Crippen LogP contribution in [0.25, 0.3) is 0 Å². The third-order valence-corrected chi connectivity index (χ3v) is 2.56. The van der Waals surface area contributed by atoms with Gasteiger partial charge in [-0.3, -0.25) is 18.2 Å². The molecular weight excluding hydrogens is 380 g/mol. The highest BCUT2D eigenvalue weighted by Crippen LogP contribution is 2.09. The Morgan fingerprint density at radius 2 is 0.840 bits per heavy atom. The van der Waals surface area contributed by atoms with Gasteiger partial charge in [0.1, 0.15) is 0 Å². The topological polar surface area (TPSA) is 242 Å². The second-order valence-electron chi connectivity index (χ2n) is 4.87. The van der Waals surface area contributed by atoms with Gasteiger partial charge >= 0.3 is 20.8 Å². The summed E-state index contributed by atoms with van der Waals surface area (Å²) in [6, 6.07) is 0.